The van der Waals surface area contributed by atoms with E-state index in [2.05, 4.69) is 41.5 Å². The summed E-state index contributed by atoms with van der Waals surface area (Å²) in [5.74, 6) is 1.19. The third-order valence-electron chi connectivity index (χ3n) is 4.42. The number of carbonyl (C=O) groups is 2. The van der Waals surface area contributed by atoms with Gasteiger partial charge in [0.25, 0.3) is 11.5 Å². The Kier molecular flexibility index (Phi) is 5.93. The number of carbonyl (C=O) groups excluding carboxylic acids is 2. The lowest BCUT2D eigenvalue weighted by atomic mass is 9.93. The molecule has 26 heavy (non-hydrogen) atoms. The van der Waals surface area contributed by atoms with Crippen molar-refractivity contribution < 1.29 is 9.59 Å². The summed E-state index contributed by atoms with van der Waals surface area (Å²) in [6.07, 6.45) is 1.88. The molecule has 1 aromatic heterocycles. The van der Waals surface area contributed by atoms with Crippen LogP contribution in [0.3, 0.4) is 0 Å². The third kappa shape index (κ3) is 4.43. The molecule has 6 heteroatoms. The molecule has 1 aliphatic rings. The standard InChI is InChI=1S/C20H22N2O3S/c1-13-5-7-14(8-6-13)12-26-10-9-21-19(24)16-11-15-17(22-20(16)25)3-2-4-18(15)23/h5-8,11H,2-4,9-10,12H2,1H3,(H,21,24)(H,22,25). The van der Waals surface area contributed by atoms with Crippen molar-refractivity contribution in [3.8, 4) is 0 Å². The van der Waals surface area contributed by atoms with Crippen LogP contribution >= 0.6 is 11.8 Å². The number of hydrogen-bond donors (Lipinski definition) is 2. The Labute approximate surface area is 156 Å². The second kappa shape index (κ2) is 8.36. The first kappa shape index (κ1) is 18.5. The van der Waals surface area contributed by atoms with Crippen LogP contribution in [0.5, 0.6) is 0 Å². The molecule has 3 rings (SSSR count). The second-order valence-corrected chi connectivity index (χ2v) is 7.58. The number of hydrogen-bond acceptors (Lipinski definition) is 4. The van der Waals surface area contributed by atoms with Crippen LogP contribution in [-0.2, 0) is 12.2 Å². The molecule has 1 heterocycles. The molecule has 0 radical (unpaired) electrons. The summed E-state index contributed by atoms with van der Waals surface area (Å²) in [5.41, 5.74) is 3.20. The molecule has 0 saturated heterocycles. The Morgan fingerprint density at radius 1 is 1.19 bits per heavy atom. The Morgan fingerprint density at radius 3 is 2.73 bits per heavy atom. The number of amides is 1. The van der Waals surface area contributed by atoms with Crippen molar-refractivity contribution in [1.82, 2.24) is 10.3 Å². The zero-order valence-electron chi connectivity index (χ0n) is 14.8. The molecule has 1 aromatic carbocycles. The van der Waals surface area contributed by atoms with Crippen LogP contribution in [0.4, 0.5) is 0 Å². The molecule has 0 unspecified atom stereocenters. The SMILES string of the molecule is Cc1ccc(CSCCNC(=O)c2cc3c([nH]c2=O)CCCC3=O)cc1. The van der Waals surface area contributed by atoms with Gasteiger partial charge >= 0.3 is 0 Å². The van der Waals surface area contributed by atoms with Crippen LogP contribution in [0.1, 0.15) is 50.4 Å². The zero-order valence-corrected chi connectivity index (χ0v) is 15.6. The molecule has 5 nitrogen and oxygen atoms in total. The normalized spacial score (nSPS) is 13.3. The summed E-state index contributed by atoms with van der Waals surface area (Å²) in [4.78, 5) is 39.0. The van der Waals surface area contributed by atoms with Gasteiger partial charge in [0.1, 0.15) is 5.56 Å². The minimum atomic E-state index is -0.428. The second-order valence-electron chi connectivity index (χ2n) is 6.48. The van der Waals surface area contributed by atoms with Gasteiger partial charge in [-0.3, -0.25) is 14.4 Å². The maximum Gasteiger partial charge on any atom is 0.261 e. The molecule has 1 aliphatic carbocycles. The first-order valence-corrected chi connectivity index (χ1v) is 9.91. The van der Waals surface area contributed by atoms with E-state index >= 15 is 0 Å². The van der Waals surface area contributed by atoms with Gasteiger partial charge < -0.3 is 10.3 Å². The number of aryl methyl sites for hydroxylation is 2. The van der Waals surface area contributed by atoms with Crippen molar-refractivity contribution in [2.75, 3.05) is 12.3 Å². The van der Waals surface area contributed by atoms with Gasteiger partial charge in [-0.25, -0.2) is 0 Å². The number of fused-ring (bicyclic) bond motifs is 1. The molecule has 1 amide bonds. The number of aromatic nitrogens is 1. The van der Waals surface area contributed by atoms with E-state index in [1.807, 2.05) is 0 Å². The van der Waals surface area contributed by atoms with Crippen LogP contribution in [0.25, 0.3) is 0 Å². The van der Waals surface area contributed by atoms with Crippen molar-refractivity contribution >= 4 is 23.5 Å². The average molecular weight is 370 g/mol. The Bertz CT molecular complexity index is 872. The van der Waals surface area contributed by atoms with E-state index in [9.17, 15) is 14.4 Å². The highest BCUT2D eigenvalue weighted by Crippen LogP contribution is 2.18. The van der Waals surface area contributed by atoms with Gasteiger partial charge in [-0.05, 0) is 31.4 Å². The van der Waals surface area contributed by atoms with Crippen LogP contribution in [-0.4, -0.2) is 29.0 Å². The van der Waals surface area contributed by atoms with Crippen molar-refractivity contribution in [3.63, 3.8) is 0 Å². The van der Waals surface area contributed by atoms with Gasteiger partial charge in [0, 0.05) is 35.7 Å². The van der Waals surface area contributed by atoms with Crippen molar-refractivity contribution in [2.45, 2.75) is 31.9 Å². The molecule has 0 aliphatic heterocycles. The monoisotopic (exact) mass is 370 g/mol. The van der Waals surface area contributed by atoms with Gasteiger partial charge in [-0.15, -0.1) is 0 Å². The Morgan fingerprint density at radius 2 is 1.96 bits per heavy atom. The summed E-state index contributed by atoms with van der Waals surface area (Å²) in [7, 11) is 0. The number of aromatic amines is 1. The van der Waals surface area contributed by atoms with E-state index in [1.165, 1.54) is 17.2 Å². The van der Waals surface area contributed by atoms with Crippen molar-refractivity contribution in [1.29, 1.82) is 0 Å². The number of ketones is 1. The smallest absolute Gasteiger partial charge is 0.261 e. The average Bonchev–Trinajstić information content (AvgIpc) is 2.62. The van der Waals surface area contributed by atoms with E-state index in [1.54, 1.807) is 11.8 Å². The summed E-state index contributed by atoms with van der Waals surface area (Å²) < 4.78 is 0. The largest absolute Gasteiger partial charge is 0.351 e. The van der Waals surface area contributed by atoms with E-state index in [0.29, 0.717) is 30.6 Å². The van der Waals surface area contributed by atoms with Crippen molar-refractivity contribution in [3.05, 3.63) is 68.6 Å². The number of pyridine rings is 1. The zero-order chi connectivity index (χ0) is 18.5. The first-order valence-electron chi connectivity index (χ1n) is 8.75. The molecule has 2 aromatic rings. The topological polar surface area (TPSA) is 79.0 Å². The predicted octanol–water partition coefficient (Wildman–Crippen LogP) is 2.87. The molecule has 0 bridgehead atoms. The van der Waals surface area contributed by atoms with Crippen LogP contribution in [0.2, 0.25) is 0 Å². The van der Waals surface area contributed by atoms with Gasteiger partial charge in [-0.1, -0.05) is 29.8 Å². The Hall–Kier alpha value is -2.34. The van der Waals surface area contributed by atoms with Crippen LogP contribution in [0.15, 0.2) is 35.1 Å². The van der Waals surface area contributed by atoms with E-state index in [0.717, 1.165) is 17.9 Å². The number of nitrogens with one attached hydrogen (secondary N) is 2. The van der Waals surface area contributed by atoms with Crippen LogP contribution < -0.4 is 10.9 Å². The highest BCUT2D eigenvalue weighted by atomic mass is 32.2. The highest BCUT2D eigenvalue weighted by Gasteiger charge is 2.21. The molecule has 136 valence electrons. The van der Waals surface area contributed by atoms with E-state index in [4.69, 9.17) is 0 Å². The van der Waals surface area contributed by atoms with E-state index in [-0.39, 0.29) is 11.3 Å². The summed E-state index contributed by atoms with van der Waals surface area (Å²) >= 11 is 1.72. The highest BCUT2D eigenvalue weighted by molar-refractivity contribution is 7.98. The van der Waals surface area contributed by atoms with E-state index < -0.39 is 11.5 Å². The minimum absolute atomic E-state index is 0.00907. The van der Waals surface area contributed by atoms with Gasteiger partial charge in [0.05, 0.1) is 0 Å². The maximum absolute atomic E-state index is 12.3. The fourth-order valence-corrected chi connectivity index (χ4v) is 3.77. The summed E-state index contributed by atoms with van der Waals surface area (Å²) in [5, 5.41) is 2.77. The fourth-order valence-electron chi connectivity index (χ4n) is 2.95. The minimum Gasteiger partial charge on any atom is -0.351 e. The molecule has 2 N–H and O–H groups in total. The van der Waals surface area contributed by atoms with Gasteiger partial charge in [0.15, 0.2) is 5.78 Å². The molecular weight excluding hydrogens is 348 g/mol. The molecule has 0 spiro atoms. The summed E-state index contributed by atoms with van der Waals surface area (Å²) in [6.45, 7) is 2.53. The lowest BCUT2D eigenvalue weighted by Crippen LogP contribution is -2.33. The fraction of sp³-hybridized carbons (Fsp3) is 0.350. The van der Waals surface area contributed by atoms with Crippen LogP contribution in [0, 0.1) is 6.92 Å². The molecule has 0 saturated carbocycles. The predicted molar refractivity (Wildman–Crippen MR) is 104 cm³/mol. The van der Waals surface area contributed by atoms with Gasteiger partial charge in [-0.2, -0.15) is 11.8 Å². The Balaban J connectivity index is 1.52. The molecule has 0 fully saturated rings. The van der Waals surface area contributed by atoms with Crippen molar-refractivity contribution in [2.24, 2.45) is 0 Å². The molecular formula is C20H22N2O3S. The lowest BCUT2D eigenvalue weighted by Gasteiger charge is -2.15. The van der Waals surface area contributed by atoms with Gasteiger partial charge in [0.2, 0.25) is 0 Å². The molecule has 0 atom stereocenters. The number of rotatable bonds is 6. The number of Topliss-reactive ketones (excluding diaryl/α,β-unsaturated/α-hetero) is 1. The number of H-pyrrole nitrogens is 1. The first-order chi connectivity index (χ1) is 12.5. The maximum atomic E-state index is 12.3. The number of thioether (sulfide) groups is 1. The number of benzene rings is 1. The lowest BCUT2D eigenvalue weighted by molar-refractivity contribution is 0.0954. The summed E-state index contributed by atoms with van der Waals surface area (Å²) in [6, 6.07) is 9.82. The quantitative estimate of drug-likeness (QED) is 0.767. The third-order valence-corrected chi connectivity index (χ3v) is 5.45.